The Morgan fingerprint density at radius 3 is 0.800 bits per heavy atom. The van der Waals surface area contributed by atoms with Crippen molar-refractivity contribution in [2.45, 2.75) is 0 Å². The summed E-state index contributed by atoms with van der Waals surface area (Å²) in [5.74, 6) is 0. The Hall–Kier alpha value is -0.174. The van der Waals surface area contributed by atoms with Gasteiger partial charge in [-0.2, -0.15) is 0 Å². The Kier molecular flexibility index (Phi) is 35.9. The quantitative estimate of drug-likeness (QED) is 0.366. The van der Waals surface area contributed by atoms with Crippen molar-refractivity contribution in [3.8, 4) is 0 Å². The molecule has 0 N–H and O–H groups in total. The zero-order valence-corrected chi connectivity index (χ0v) is 6.81. The number of hydrogen-bond acceptors (Lipinski definition) is 6. The molecule has 0 aromatic heterocycles. The van der Waals surface area contributed by atoms with E-state index in [2.05, 4.69) is 0 Å². The molecule has 0 aromatic carbocycles. The molecule has 0 aliphatic heterocycles. The fourth-order valence-electron chi connectivity index (χ4n) is 0. The average Bonchev–Trinajstić information content (AvgIpc) is 1.25. The molecule has 10 heavy (non-hydrogen) atoms. The summed E-state index contributed by atoms with van der Waals surface area (Å²) in [4.78, 5) is 16.7. The van der Waals surface area contributed by atoms with Gasteiger partial charge in [0.15, 0.2) is 0 Å². The van der Waals surface area contributed by atoms with Crippen LogP contribution in [0, 0.1) is 0 Å². The van der Waals surface area contributed by atoms with Crippen LogP contribution in [0.1, 0.15) is 0 Å². The van der Waals surface area contributed by atoms with Gasteiger partial charge in [0, 0.05) is 0 Å². The van der Waals surface area contributed by atoms with Crippen LogP contribution in [0.3, 0.4) is 0 Å². The van der Waals surface area contributed by atoms with Crippen molar-refractivity contribution in [2.24, 2.45) is 0 Å². The van der Waals surface area contributed by atoms with Crippen LogP contribution < -0.4 is 20.4 Å². The van der Waals surface area contributed by atoms with Crippen molar-refractivity contribution in [1.29, 1.82) is 0 Å². The van der Waals surface area contributed by atoms with Crippen LogP contribution in [0.25, 0.3) is 0 Å². The van der Waals surface area contributed by atoms with E-state index in [0.29, 0.717) is 0 Å². The van der Waals surface area contributed by atoms with Crippen LogP contribution in [0.2, 0.25) is 0 Å². The molecule has 0 bridgehead atoms. The number of rotatable bonds is 0. The summed E-state index contributed by atoms with van der Waals surface area (Å²) in [5, 5.41) is 33.3. The van der Waals surface area contributed by atoms with E-state index in [1.165, 1.54) is 0 Å². The molecule has 0 aliphatic carbocycles. The molecule has 0 rings (SSSR count). The first-order valence-corrected chi connectivity index (χ1v) is 1.22. The van der Waals surface area contributed by atoms with Crippen molar-refractivity contribution < 1.29 is 47.1 Å². The molecule has 0 heterocycles. The first-order chi connectivity index (χ1) is 3.46. The summed E-state index contributed by atoms with van der Waals surface area (Å²) < 4.78 is 0. The second kappa shape index (κ2) is 15.9. The van der Waals surface area contributed by atoms with Gasteiger partial charge in [-0.3, -0.25) is 0 Å². The summed E-state index contributed by atoms with van der Waals surface area (Å²) in [6.07, 6.45) is -4.67. The largest absolute Gasteiger partial charge is 2.00 e. The Morgan fingerprint density at radius 2 is 0.800 bits per heavy atom. The van der Waals surface area contributed by atoms with E-state index in [1.807, 2.05) is 0 Å². The standard InChI is InChI=1S/2CH2O3.Cu.Mg/c2*2-1(3)4;;/h2*(H2,2,3,4);;/q;;2*+2/p-4. The van der Waals surface area contributed by atoms with E-state index >= 15 is 0 Å². The molecular weight excluding hydrogens is 208 g/mol. The molecule has 0 unspecified atom stereocenters. The fraction of sp³-hybridized carbons (Fsp3) is 0. The van der Waals surface area contributed by atoms with E-state index in [9.17, 15) is 0 Å². The summed E-state index contributed by atoms with van der Waals surface area (Å²) in [5.41, 5.74) is 0. The number of carboxylic acid groups (broad SMARTS) is 4. The average molecular weight is 208 g/mol. The smallest absolute Gasteiger partial charge is 0.652 e. The van der Waals surface area contributed by atoms with Crippen LogP contribution in [0.5, 0.6) is 0 Å². The van der Waals surface area contributed by atoms with Crippen LogP contribution in [-0.2, 0) is 17.1 Å². The van der Waals surface area contributed by atoms with Crippen molar-refractivity contribution >= 4 is 35.4 Å². The van der Waals surface area contributed by atoms with Crippen molar-refractivity contribution in [2.75, 3.05) is 0 Å². The molecule has 0 spiro atoms. The third kappa shape index (κ3) is 12000. The molecule has 6 nitrogen and oxygen atoms in total. The van der Waals surface area contributed by atoms with Crippen LogP contribution in [-0.4, -0.2) is 35.4 Å². The second-order valence-corrected chi connectivity index (χ2v) is 0.500. The van der Waals surface area contributed by atoms with Gasteiger partial charge < -0.3 is 30.0 Å². The Morgan fingerprint density at radius 1 is 0.800 bits per heavy atom. The molecular formula is C2CuMgO6. The minimum atomic E-state index is -2.33. The molecule has 0 saturated carbocycles. The SMILES string of the molecule is O=C([O-])[O-].O=C([O-])[O-].[Cu+2].[Mg+2]. The monoisotopic (exact) mass is 207 g/mol. The molecule has 0 amide bonds. The number of hydrogen-bond donors (Lipinski definition) is 0. The Balaban J connectivity index is -0.0000000300. The van der Waals surface area contributed by atoms with E-state index in [1.54, 1.807) is 0 Å². The first-order valence-electron chi connectivity index (χ1n) is 1.22. The summed E-state index contributed by atoms with van der Waals surface area (Å²) >= 11 is 0. The van der Waals surface area contributed by atoms with Crippen LogP contribution in [0.15, 0.2) is 0 Å². The van der Waals surface area contributed by atoms with Crippen LogP contribution >= 0.6 is 0 Å². The van der Waals surface area contributed by atoms with Gasteiger partial charge in [-0.05, 0) is 12.3 Å². The predicted molar refractivity (Wildman–Crippen MR) is 16.5 cm³/mol. The first kappa shape index (κ1) is 22.6. The van der Waals surface area contributed by atoms with E-state index in [0.717, 1.165) is 0 Å². The molecule has 1 radical (unpaired) electrons. The maximum Gasteiger partial charge on any atom is 2.00 e. The molecule has 8 heteroatoms. The molecule has 0 aliphatic rings. The Bertz CT molecular complexity index is 73.7. The van der Waals surface area contributed by atoms with Crippen molar-refractivity contribution in [1.82, 2.24) is 0 Å². The number of carbonyl (C=O) groups is 2. The third-order valence-corrected chi connectivity index (χ3v) is 0. The van der Waals surface area contributed by atoms with Gasteiger partial charge in [-0.1, -0.05) is 0 Å². The van der Waals surface area contributed by atoms with Gasteiger partial charge in [0.1, 0.15) is 0 Å². The molecule has 0 atom stereocenters. The summed E-state index contributed by atoms with van der Waals surface area (Å²) in [7, 11) is 0. The van der Waals surface area contributed by atoms with Gasteiger partial charge in [0.05, 0.1) is 0 Å². The summed E-state index contributed by atoms with van der Waals surface area (Å²) in [6.45, 7) is 0. The minimum Gasteiger partial charge on any atom is -0.652 e. The molecule has 57 valence electrons. The van der Waals surface area contributed by atoms with Gasteiger partial charge in [0.2, 0.25) is 0 Å². The van der Waals surface area contributed by atoms with E-state index in [4.69, 9.17) is 30.0 Å². The van der Waals surface area contributed by atoms with Gasteiger partial charge in [-0.15, -0.1) is 0 Å². The molecule has 0 saturated heterocycles. The molecule has 0 fully saturated rings. The maximum absolute atomic E-state index is 8.33. The van der Waals surface area contributed by atoms with Gasteiger partial charge in [0.25, 0.3) is 0 Å². The van der Waals surface area contributed by atoms with Crippen LogP contribution in [0.4, 0.5) is 9.59 Å². The summed E-state index contributed by atoms with van der Waals surface area (Å²) in [6, 6.07) is 0. The zero-order chi connectivity index (χ0) is 7.15. The Labute approximate surface area is 82.5 Å². The zero-order valence-electron chi connectivity index (χ0n) is 4.46. The fourth-order valence-corrected chi connectivity index (χ4v) is 0. The third-order valence-electron chi connectivity index (χ3n) is 0. The van der Waals surface area contributed by atoms with Gasteiger partial charge in [-0.25, -0.2) is 0 Å². The van der Waals surface area contributed by atoms with Crippen molar-refractivity contribution in [3.63, 3.8) is 0 Å². The van der Waals surface area contributed by atoms with Crippen molar-refractivity contribution in [3.05, 3.63) is 0 Å². The number of carbonyl (C=O) groups excluding carboxylic acids is 2. The van der Waals surface area contributed by atoms with E-state index < -0.39 is 12.3 Å². The van der Waals surface area contributed by atoms with E-state index in [-0.39, 0.29) is 40.1 Å². The second-order valence-electron chi connectivity index (χ2n) is 0.500. The normalized spacial score (nSPS) is 4.80. The predicted octanol–water partition coefficient (Wildman–Crippen LogP) is -5.28. The maximum atomic E-state index is 8.33. The topological polar surface area (TPSA) is 126 Å². The molecule has 0 aromatic rings. The van der Waals surface area contributed by atoms with Gasteiger partial charge >= 0.3 is 40.1 Å². The minimum absolute atomic E-state index is 0.